The maximum atomic E-state index is 12.9. The lowest BCUT2D eigenvalue weighted by Crippen LogP contribution is -2.30. The SMILES string of the molecule is CCCC/C=C\CCCCCCCC(=O)OCC(COC(=O)CCCCCCCCCCCCCCCCC/C=C\C/C=C\CCCCCCC)OC(=O)CCCCCCCCCCC/C=C\CCCCCCCCCC. The first kappa shape index (κ1) is 74.4. The van der Waals surface area contributed by atoms with E-state index in [0.717, 1.165) is 70.6 Å². The molecule has 77 heavy (non-hydrogen) atoms. The molecule has 0 heterocycles. The second-order valence-corrected chi connectivity index (χ2v) is 23.1. The van der Waals surface area contributed by atoms with Crippen LogP contribution in [0.4, 0.5) is 0 Å². The van der Waals surface area contributed by atoms with E-state index in [1.54, 1.807) is 0 Å². The van der Waals surface area contributed by atoms with Crippen molar-refractivity contribution in [2.75, 3.05) is 13.2 Å². The summed E-state index contributed by atoms with van der Waals surface area (Å²) in [6, 6.07) is 0. The summed E-state index contributed by atoms with van der Waals surface area (Å²) in [5.41, 5.74) is 0. The lowest BCUT2D eigenvalue weighted by molar-refractivity contribution is -0.167. The summed E-state index contributed by atoms with van der Waals surface area (Å²) in [7, 11) is 0. The number of hydrogen-bond acceptors (Lipinski definition) is 6. The van der Waals surface area contributed by atoms with Gasteiger partial charge in [0.2, 0.25) is 0 Å². The van der Waals surface area contributed by atoms with Gasteiger partial charge in [-0.05, 0) is 96.3 Å². The second kappa shape index (κ2) is 65.9. The van der Waals surface area contributed by atoms with Gasteiger partial charge >= 0.3 is 17.9 Å². The Bertz CT molecular complexity index is 1330. The van der Waals surface area contributed by atoms with Crippen LogP contribution >= 0.6 is 0 Å². The molecule has 0 aromatic heterocycles. The largest absolute Gasteiger partial charge is 0.462 e. The third kappa shape index (κ3) is 64.1. The van der Waals surface area contributed by atoms with Crippen molar-refractivity contribution in [1.29, 1.82) is 0 Å². The number of allylic oxidation sites excluding steroid dienone is 8. The van der Waals surface area contributed by atoms with Crippen LogP contribution in [0.1, 0.15) is 367 Å². The van der Waals surface area contributed by atoms with Crippen LogP contribution < -0.4 is 0 Å². The first-order valence-electron chi connectivity index (χ1n) is 34.1. The first-order chi connectivity index (χ1) is 38.0. The molecular weight excluding hydrogens is 949 g/mol. The summed E-state index contributed by atoms with van der Waals surface area (Å²) in [5, 5.41) is 0. The maximum Gasteiger partial charge on any atom is 0.306 e. The molecule has 0 aliphatic heterocycles. The molecule has 0 saturated carbocycles. The molecule has 6 heteroatoms. The van der Waals surface area contributed by atoms with Gasteiger partial charge in [0.25, 0.3) is 0 Å². The normalized spacial score (nSPS) is 12.3. The van der Waals surface area contributed by atoms with Gasteiger partial charge in [-0.25, -0.2) is 0 Å². The molecule has 0 fully saturated rings. The Morgan fingerprint density at radius 2 is 0.481 bits per heavy atom. The third-order valence-corrected chi connectivity index (χ3v) is 15.3. The van der Waals surface area contributed by atoms with Crippen molar-refractivity contribution >= 4 is 17.9 Å². The van der Waals surface area contributed by atoms with E-state index in [0.29, 0.717) is 19.3 Å². The Hall–Kier alpha value is -2.63. The van der Waals surface area contributed by atoms with Crippen LogP contribution in [0.3, 0.4) is 0 Å². The highest BCUT2D eigenvalue weighted by Gasteiger charge is 2.19. The highest BCUT2D eigenvalue weighted by atomic mass is 16.6. The van der Waals surface area contributed by atoms with Crippen molar-refractivity contribution in [2.45, 2.75) is 374 Å². The van der Waals surface area contributed by atoms with E-state index in [4.69, 9.17) is 14.2 Å². The minimum Gasteiger partial charge on any atom is -0.462 e. The fourth-order valence-corrected chi connectivity index (χ4v) is 10.1. The monoisotopic (exact) mass is 1080 g/mol. The standard InChI is InChI=1S/C71H130O6/c1-4-7-10-13-16-19-22-24-26-28-30-32-33-34-35-36-37-39-40-42-44-46-49-52-55-58-61-64-70(73)76-67-68(66-75-69(72)63-60-57-54-51-48-21-18-15-12-9-6-3)77-71(74)65-62-59-56-53-50-47-45-43-41-38-31-29-27-25-23-20-17-14-11-8-5-2/h15,18,22,24,28-31,68H,4-14,16-17,19-21,23,25-27,32-67H2,1-3H3/b18-15-,24-22-,30-28-,31-29-. The molecule has 6 nitrogen and oxygen atoms in total. The molecule has 0 aromatic carbocycles. The molecule has 0 saturated heterocycles. The zero-order valence-electron chi connectivity index (χ0n) is 51.7. The van der Waals surface area contributed by atoms with Crippen LogP contribution in [-0.4, -0.2) is 37.2 Å². The molecule has 0 rings (SSSR count). The van der Waals surface area contributed by atoms with Crippen molar-refractivity contribution in [3.8, 4) is 0 Å². The van der Waals surface area contributed by atoms with Gasteiger partial charge in [-0.3, -0.25) is 14.4 Å². The van der Waals surface area contributed by atoms with Crippen LogP contribution in [0.25, 0.3) is 0 Å². The quantitative estimate of drug-likeness (QED) is 0.0261. The van der Waals surface area contributed by atoms with Crippen LogP contribution in [-0.2, 0) is 28.6 Å². The minimum absolute atomic E-state index is 0.0734. The number of rotatable bonds is 63. The fourth-order valence-electron chi connectivity index (χ4n) is 10.1. The number of carbonyl (C=O) groups excluding carboxylic acids is 3. The number of unbranched alkanes of at least 4 members (excludes halogenated alkanes) is 44. The van der Waals surface area contributed by atoms with Crippen LogP contribution in [0.15, 0.2) is 48.6 Å². The molecule has 450 valence electrons. The summed E-state index contributed by atoms with van der Waals surface area (Å²) in [4.78, 5) is 38.3. The summed E-state index contributed by atoms with van der Waals surface area (Å²) in [6.45, 7) is 6.64. The number of ether oxygens (including phenoxy) is 3. The number of carbonyl (C=O) groups is 3. The molecule has 0 aliphatic carbocycles. The molecule has 0 aromatic rings. The zero-order valence-corrected chi connectivity index (χ0v) is 51.7. The van der Waals surface area contributed by atoms with E-state index in [2.05, 4.69) is 69.4 Å². The van der Waals surface area contributed by atoms with Gasteiger partial charge in [0.05, 0.1) is 0 Å². The van der Waals surface area contributed by atoms with Crippen molar-refractivity contribution in [3.63, 3.8) is 0 Å². The molecule has 1 atom stereocenters. The summed E-state index contributed by atoms with van der Waals surface area (Å²) in [5.74, 6) is -0.865. The molecule has 1 unspecified atom stereocenters. The van der Waals surface area contributed by atoms with Crippen LogP contribution in [0, 0.1) is 0 Å². The smallest absolute Gasteiger partial charge is 0.306 e. The molecule has 0 amide bonds. The average molecular weight is 1080 g/mol. The molecule has 0 spiro atoms. The fraction of sp³-hybridized carbons (Fsp3) is 0.845. The van der Waals surface area contributed by atoms with Crippen molar-refractivity contribution in [3.05, 3.63) is 48.6 Å². The van der Waals surface area contributed by atoms with Gasteiger partial charge in [0.15, 0.2) is 6.10 Å². The van der Waals surface area contributed by atoms with Crippen molar-refractivity contribution < 1.29 is 28.6 Å². The van der Waals surface area contributed by atoms with E-state index in [1.165, 1.54) is 257 Å². The minimum atomic E-state index is -0.777. The predicted molar refractivity (Wildman–Crippen MR) is 335 cm³/mol. The Labute approximate surface area is 479 Å². The molecule has 0 bridgehead atoms. The van der Waals surface area contributed by atoms with Gasteiger partial charge in [-0.2, -0.15) is 0 Å². The number of esters is 3. The molecule has 0 radical (unpaired) electrons. The zero-order chi connectivity index (χ0) is 55.7. The van der Waals surface area contributed by atoms with E-state index in [9.17, 15) is 14.4 Å². The van der Waals surface area contributed by atoms with Gasteiger partial charge in [-0.1, -0.05) is 301 Å². The van der Waals surface area contributed by atoms with Gasteiger partial charge in [0, 0.05) is 19.3 Å². The van der Waals surface area contributed by atoms with Gasteiger partial charge in [-0.15, -0.1) is 0 Å². The lowest BCUT2D eigenvalue weighted by atomic mass is 10.0. The van der Waals surface area contributed by atoms with E-state index in [-0.39, 0.29) is 31.1 Å². The Morgan fingerprint density at radius 1 is 0.260 bits per heavy atom. The highest BCUT2D eigenvalue weighted by molar-refractivity contribution is 5.71. The summed E-state index contributed by atoms with van der Waals surface area (Å²) >= 11 is 0. The van der Waals surface area contributed by atoms with E-state index < -0.39 is 6.10 Å². The molecule has 0 aliphatic rings. The third-order valence-electron chi connectivity index (χ3n) is 15.3. The molecular formula is C71H130O6. The second-order valence-electron chi connectivity index (χ2n) is 23.1. The maximum absolute atomic E-state index is 12.9. The lowest BCUT2D eigenvalue weighted by Gasteiger charge is -2.18. The first-order valence-corrected chi connectivity index (χ1v) is 34.1. The van der Waals surface area contributed by atoms with E-state index in [1.807, 2.05) is 0 Å². The summed E-state index contributed by atoms with van der Waals surface area (Å²) < 4.78 is 16.9. The predicted octanol–water partition coefficient (Wildman–Crippen LogP) is 23.3. The Balaban J connectivity index is 4.19. The van der Waals surface area contributed by atoms with Crippen molar-refractivity contribution in [2.24, 2.45) is 0 Å². The van der Waals surface area contributed by atoms with Crippen LogP contribution in [0.2, 0.25) is 0 Å². The Kier molecular flexibility index (Phi) is 63.6. The van der Waals surface area contributed by atoms with Gasteiger partial charge in [0.1, 0.15) is 13.2 Å². The average Bonchev–Trinajstić information content (AvgIpc) is 3.43. The number of hydrogen-bond donors (Lipinski definition) is 0. The van der Waals surface area contributed by atoms with Crippen LogP contribution in [0.5, 0.6) is 0 Å². The highest BCUT2D eigenvalue weighted by Crippen LogP contribution is 2.17. The van der Waals surface area contributed by atoms with Gasteiger partial charge < -0.3 is 14.2 Å². The summed E-state index contributed by atoms with van der Waals surface area (Å²) in [6.07, 6.45) is 82.8. The topological polar surface area (TPSA) is 78.9 Å². The Morgan fingerprint density at radius 3 is 0.766 bits per heavy atom. The van der Waals surface area contributed by atoms with E-state index >= 15 is 0 Å². The van der Waals surface area contributed by atoms with Crippen molar-refractivity contribution in [1.82, 2.24) is 0 Å². The molecule has 0 N–H and O–H groups in total.